The van der Waals surface area contributed by atoms with E-state index < -0.39 is 0 Å². The third kappa shape index (κ3) is 12.8. The lowest BCUT2D eigenvalue weighted by Gasteiger charge is -2.30. The van der Waals surface area contributed by atoms with Crippen molar-refractivity contribution in [2.45, 2.75) is 38.5 Å². The Bertz CT molecular complexity index is 7170. The molecule has 0 fully saturated rings. The second kappa shape index (κ2) is 29.7. The van der Waals surface area contributed by atoms with Crippen molar-refractivity contribution in [2.24, 2.45) is 0 Å². The molecule has 22 rings (SSSR count). The summed E-state index contributed by atoms with van der Waals surface area (Å²) in [5.74, 6) is 0. The summed E-state index contributed by atoms with van der Waals surface area (Å²) in [6.45, 7) is 9.47. The minimum atomic E-state index is -0.147. The van der Waals surface area contributed by atoms with Crippen molar-refractivity contribution >= 4 is 97.1 Å². The molecule has 20 aromatic rings. The number of fused-ring (bicyclic) bond motifs is 12. The molecule has 0 atom stereocenters. The van der Waals surface area contributed by atoms with Crippen LogP contribution < -0.4 is 9.80 Å². The summed E-state index contributed by atoms with van der Waals surface area (Å²) in [7, 11) is 0. The van der Waals surface area contributed by atoms with E-state index in [-0.39, 0.29) is 10.8 Å². The Morgan fingerprint density at radius 3 is 0.898 bits per heavy atom. The maximum absolute atomic E-state index is 2.52. The third-order valence-corrected chi connectivity index (χ3v) is 27.0. The van der Waals surface area contributed by atoms with Gasteiger partial charge >= 0.3 is 0 Å². The van der Waals surface area contributed by atoms with Gasteiger partial charge in [-0.15, -0.1) is 22.7 Å². The maximum atomic E-state index is 2.52. The largest absolute Gasteiger partial charge is 0.310 e. The Balaban J connectivity index is 0.000000147. The minimum Gasteiger partial charge on any atom is -0.310 e. The second-order valence-corrected chi connectivity index (χ2v) is 34.4. The Hall–Kier alpha value is -14.0. The molecule has 0 amide bonds. The van der Waals surface area contributed by atoms with E-state index in [1.807, 2.05) is 22.7 Å². The van der Waals surface area contributed by atoms with Gasteiger partial charge in [-0.3, -0.25) is 0 Å². The van der Waals surface area contributed by atoms with Crippen LogP contribution in [0, 0.1) is 0 Å². The van der Waals surface area contributed by atoms with Gasteiger partial charge in [0.1, 0.15) is 0 Å². The van der Waals surface area contributed by atoms with Gasteiger partial charge in [-0.25, -0.2) is 0 Å². The lowest BCUT2D eigenvalue weighted by atomic mass is 9.82. The highest BCUT2D eigenvalue weighted by atomic mass is 32.1. The van der Waals surface area contributed by atoms with Gasteiger partial charge < -0.3 is 9.80 Å². The lowest BCUT2D eigenvalue weighted by molar-refractivity contribution is 0.660. The summed E-state index contributed by atoms with van der Waals surface area (Å²) in [5, 5.41) is 5.12. The van der Waals surface area contributed by atoms with Crippen LogP contribution in [0.5, 0.6) is 0 Å². The van der Waals surface area contributed by atoms with Crippen LogP contribution in [0.25, 0.3) is 152 Å². The average Bonchev–Trinajstić information content (AvgIpc) is 1.56. The van der Waals surface area contributed by atoms with E-state index in [9.17, 15) is 0 Å². The fourth-order valence-corrected chi connectivity index (χ4v) is 20.9. The average molecular weight is 1540 g/mol. The first-order valence-corrected chi connectivity index (χ1v) is 42.5. The Kier molecular flexibility index (Phi) is 18.1. The van der Waals surface area contributed by atoms with Crippen molar-refractivity contribution in [1.29, 1.82) is 0 Å². The zero-order valence-electron chi connectivity index (χ0n) is 66.1. The van der Waals surface area contributed by atoms with Crippen molar-refractivity contribution in [3.05, 3.63) is 447 Å². The third-order valence-electron chi connectivity index (χ3n) is 24.6. The zero-order chi connectivity index (χ0) is 79.0. The van der Waals surface area contributed by atoms with Gasteiger partial charge in [0.15, 0.2) is 0 Å². The number of benzene rings is 18. The highest BCUT2D eigenvalue weighted by molar-refractivity contribution is 7.26. The van der Waals surface area contributed by atoms with Crippen LogP contribution >= 0.6 is 22.7 Å². The Morgan fingerprint density at radius 2 is 0.475 bits per heavy atom. The first kappa shape index (κ1) is 71.8. The maximum Gasteiger partial charge on any atom is 0.0540 e. The monoisotopic (exact) mass is 1540 g/mol. The standard InChI is InChI=1S/2C57H41NS/c1-57(2)52-24-14-12-22-46(52)47-32-31-44(37-53(47)57)58(54-33-30-43(39-18-8-4-9-19-39)34-49(54)41-20-10-5-11-21-41)45-35-50(56-51(36-45)48-23-13-15-25-55(48)59-56)42-28-26-40(27-29-42)38-16-6-3-7-17-38;1-57(2)53-19-11-9-17-48(53)49-34-33-46(37-54(49)57)58(45-31-29-43(30-32-45)42-23-21-40(22-24-42)38-13-5-3-6-14-38)47-35-51(56-52(36-47)50-18-10-12-20-55(50)59-56)44-27-25-41(26-28-44)39-15-7-4-8-16-39/h2*3-37H,1-2H3. The van der Waals surface area contributed by atoms with E-state index >= 15 is 0 Å². The molecule has 2 aliphatic carbocycles. The number of anilines is 6. The molecule has 560 valence electrons. The molecule has 4 heteroatoms. The molecule has 0 saturated carbocycles. The van der Waals surface area contributed by atoms with Crippen LogP contribution in [0.2, 0.25) is 0 Å². The fraction of sp³-hybridized carbons (Fsp3) is 0.0526. The van der Waals surface area contributed by atoms with E-state index in [2.05, 4.69) is 462 Å². The predicted octanol–water partition coefficient (Wildman–Crippen LogP) is 33.0. The van der Waals surface area contributed by atoms with E-state index in [1.165, 1.54) is 174 Å². The van der Waals surface area contributed by atoms with Gasteiger partial charge in [0.05, 0.1) is 5.69 Å². The quantitative estimate of drug-likeness (QED) is 0.107. The van der Waals surface area contributed by atoms with Gasteiger partial charge in [0.25, 0.3) is 0 Å². The number of thiophene rings is 2. The van der Waals surface area contributed by atoms with Gasteiger partial charge in [0.2, 0.25) is 0 Å². The predicted molar refractivity (Wildman–Crippen MR) is 507 cm³/mol. The first-order chi connectivity index (χ1) is 58.0. The number of hydrogen-bond acceptors (Lipinski definition) is 4. The highest BCUT2D eigenvalue weighted by Crippen LogP contribution is 2.56. The molecule has 2 nitrogen and oxygen atoms in total. The number of hydrogen-bond donors (Lipinski definition) is 0. The SMILES string of the molecule is CC1(C)c2ccccc2-c2ccc(N(c3cc(-c4ccc(-c5ccccc5)cc4)c4sc5ccccc5c4c3)c3ccc(-c4ccccc4)cc3-c3ccccc3)cc21.CC1(C)c2ccccc2-c2ccc(N(c3ccc(-c4ccc(-c5ccccc5)cc4)cc3)c3cc(-c4ccc(-c5ccccc5)cc4)c4sc5ccccc5c4c3)cc21. The molecular weight excluding hydrogens is 1460 g/mol. The van der Waals surface area contributed by atoms with Crippen LogP contribution in [0.15, 0.2) is 425 Å². The van der Waals surface area contributed by atoms with Crippen LogP contribution in [0.4, 0.5) is 34.1 Å². The second-order valence-electron chi connectivity index (χ2n) is 32.2. The molecule has 0 radical (unpaired) electrons. The smallest absolute Gasteiger partial charge is 0.0540 e. The zero-order valence-corrected chi connectivity index (χ0v) is 67.8. The van der Waals surface area contributed by atoms with Crippen molar-refractivity contribution in [1.82, 2.24) is 0 Å². The molecule has 2 heterocycles. The topological polar surface area (TPSA) is 6.48 Å². The van der Waals surface area contributed by atoms with Crippen molar-refractivity contribution in [3.8, 4) is 111 Å². The van der Waals surface area contributed by atoms with Gasteiger partial charge in [-0.05, 0) is 202 Å². The Labute approximate surface area is 698 Å². The number of rotatable bonds is 14. The molecule has 0 spiro atoms. The molecule has 0 aliphatic heterocycles. The van der Waals surface area contributed by atoms with E-state index in [0.29, 0.717) is 0 Å². The van der Waals surface area contributed by atoms with Crippen molar-refractivity contribution in [3.63, 3.8) is 0 Å². The molecule has 0 bridgehead atoms. The van der Waals surface area contributed by atoms with Crippen LogP contribution in [-0.2, 0) is 10.8 Å². The first-order valence-electron chi connectivity index (χ1n) is 40.8. The molecule has 2 aromatic heterocycles. The van der Waals surface area contributed by atoms with Crippen molar-refractivity contribution < 1.29 is 0 Å². The van der Waals surface area contributed by atoms with Crippen molar-refractivity contribution in [2.75, 3.05) is 9.80 Å². The fourth-order valence-electron chi connectivity index (χ4n) is 18.5. The molecule has 0 unspecified atom stereocenters. The molecular formula is C114H82N2S2. The summed E-state index contributed by atoms with van der Waals surface area (Å²) in [5.41, 5.74) is 36.7. The van der Waals surface area contributed by atoms with Crippen LogP contribution in [-0.4, -0.2) is 0 Å². The van der Waals surface area contributed by atoms with E-state index in [4.69, 9.17) is 0 Å². The summed E-state index contributed by atoms with van der Waals surface area (Å²) in [4.78, 5) is 4.99. The summed E-state index contributed by atoms with van der Waals surface area (Å²) in [6, 6.07) is 156. The normalized spacial score (nSPS) is 12.7. The van der Waals surface area contributed by atoms with Crippen LogP contribution in [0.1, 0.15) is 49.9 Å². The Morgan fingerprint density at radius 1 is 0.178 bits per heavy atom. The van der Waals surface area contributed by atoms with Gasteiger partial charge in [-0.2, -0.15) is 0 Å². The number of nitrogens with zero attached hydrogens (tertiary/aromatic N) is 2. The summed E-state index contributed by atoms with van der Waals surface area (Å²) >= 11 is 3.77. The van der Waals surface area contributed by atoms with E-state index in [0.717, 1.165) is 34.1 Å². The molecule has 18 aromatic carbocycles. The lowest BCUT2D eigenvalue weighted by Crippen LogP contribution is -2.17. The molecule has 2 aliphatic rings. The van der Waals surface area contributed by atoms with E-state index in [1.54, 1.807) is 0 Å². The molecule has 118 heavy (non-hydrogen) atoms. The molecule has 0 N–H and O–H groups in total. The van der Waals surface area contributed by atoms with Gasteiger partial charge in [0, 0.05) is 96.3 Å². The summed E-state index contributed by atoms with van der Waals surface area (Å²) in [6.07, 6.45) is 0. The van der Waals surface area contributed by atoms with Gasteiger partial charge in [-0.1, -0.05) is 367 Å². The van der Waals surface area contributed by atoms with Crippen LogP contribution in [0.3, 0.4) is 0 Å². The highest BCUT2D eigenvalue weighted by Gasteiger charge is 2.38. The minimum absolute atomic E-state index is 0.122. The molecule has 0 saturated heterocycles. The summed E-state index contributed by atoms with van der Waals surface area (Å²) < 4.78 is 5.20.